The zero-order chi connectivity index (χ0) is 28.0. The number of rotatable bonds is 5. The van der Waals surface area contributed by atoms with Gasteiger partial charge in [0, 0.05) is 38.2 Å². The number of nitrogens with one attached hydrogen (secondary N) is 1. The van der Waals surface area contributed by atoms with Crippen molar-refractivity contribution in [2.45, 2.75) is 44.6 Å². The van der Waals surface area contributed by atoms with Gasteiger partial charge in [-0.25, -0.2) is 0 Å². The fourth-order valence-electron chi connectivity index (χ4n) is 3.89. The molecule has 0 radical (unpaired) electrons. The molecule has 11 heteroatoms. The summed E-state index contributed by atoms with van der Waals surface area (Å²) in [4.78, 5) is 23.5. The van der Waals surface area contributed by atoms with Crippen LogP contribution in [0.15, 0.2) is 48.5 Å². The summed E-state index contributed by atoms with van der Waals surface area (Å²) < 4.78 is 82.9. The zero-order valence-electron chi connectivity index (χ0n) is 20.9. The van der Waals surface area contributed by atoms with Gasteiger partial charge in [0.1, 0.15) is 5.60 Å². The number of carbonyl (C=O) groups excluding carboxylic acids is 2. The maximum atomic E-state index is 13.1. The normalized spacial score (nSPS) is 18.0. The first kappa shape index (κ1) is 30.1. The van der Waals surface area contributed by atoms with Crippen LogP contribution in [0.4, 0.5) is 26.3 Å². The summed E-state index contributed by atoms with van der Waals surface area (Å²) in [5.41, 5.74) is -2.90. The van der Waals surface area contributed by atoms with Crippen molar-refractivity contribution in [3.8, 4) is 0 Å². The van der Waals surface area contributed by atoms with E-state index in [2.05, 4.69) is 10.1 Å². The number of amides is 1. The molecule has 1 saturated heterocycles. The number of hydrogen-bond acceptors (Lipinski definition) is 4. The van der Waals surface area contributed by atoms with Crippen LogP contribution in [-0.2, 0) is 21.9 Å². The van der Waals surface area contributed by atoms with Crippen LogP contribution in [-0.4, -0.2) is 49.6 Å². The Morgan fingerprint density at radius 1 is 0.973 bits per heavy atom. The van der Waals surface area contributed by atoms with E-state index in [9.17, 15) is 35.9 Å². The Balaban J connectivity index is 0.000000604. The Hall–Kier alpha value is -3.08. The first-order valence-corrected chi connectivity index (χ1v) is 11.4. The van der Waals surface area contributed by atoms with Gasteiger partial charge in [0.15, 0.2) is 0 Å². The van der Waals surface area contributed by atoms with Gasteiger partial charge in [0.05, 0.1) is 11.1 Å². The van der Waals surface area contributed by atoms with E-state index in [4.69, 9.17) is 0 Å². The average molecular weight is 533 g/mol. The molecule has 1 fully saturated rings. The molecule has 204 valence electrons. The third kappa shape index (κ3) is 9.07. The van der Waals surface area contributed by atoms with Crippen LogP contribution in [0.2, 0.25) is 0 Å². The van der Waals surface area contributed by atoms with Crippen molar-refractivity contribution in [1.82, 2.24) is 10.2 Å². The van der Waals surface area contributed by atoms with E-state index < -0.39 is 35.0 Å². The second-order valence-electron chi connectivity index (χ2n) is 9.74. The Labute approximate surface area is 211 Å². The molecule has 2 aromatic rings. The van der Waals surface area contributed by atoms with Crippen LogP contribution in [0.5, 0.6) is 0 Å². The van der Waals surface area contributed by atoms with Crippen molar-refractivity contribution < 1.29 is 40.7 Å². The molecule has 0 aliphatic carbocycles. The molecule has 2 unspecified atom stereocenters. The molecule has 0 bridgehead atoms. The molecule has 1 amide bonds. The molecule has 2 atom stereocenters. The number of carbonyl (C=O) groups is 2. The zero-order valence-corrected chi connectivity index (χ0v) is 20.9. The Morgan fingerprint density at radius 3 is 1.95 bits per heavy atom. The summed E-state index contributed by atoms with van der Waals surface area (Å²) in [5, 5.41) is 3.23. The van der Waals surface area contributed by atoms with Gasteiger partial charge in [-0.1, -0.05) is 30.3 Å². The Bertz CT molecular complexity index is 1020. The maximum absolute atomic E-state index is 13.1. The summed E-state index contributed by atoms with van der Waals surface area (Å²) in [6, 6.07) is 10.5. The molecule has 5 nitrogen and oxygen atoms in total. The number of nitrogens with zero attached hydrogens (tertiary/aromatic N) is 1. The van der Waals surface area contributed by atoms with Crippen LogP contribution in [0.3, 0.4) is 0 Å². The summed E-state index contributed by atoms with van der Waals surface area (Å²) in [5.74, 6) is -0.812. The number of halogens is 6. The highest BCUT2D eigenvalue weighted by Crippen LogP contribution is 2.37. The minimum Gasteiger partial charge on any atom is -0.462 e. The molecule has 0 spiro atoms. The van der Waals surface area contributed by atoms with E-state index in [0.29, 0.717) is 31.7 Å². The average Bonchev–Trinajstić information content (AvgIpc) is 3.25. The van der Waals surface area contributed by atoms with Crippen molar-refractivity contribution in [2.75, 3.05) is 26.7 Å². The van der Waals surface area contributed by atoms with Gasteiger partial charge in [-0.05, 0) is 50.5 Å². The van der Waals surface area contributed by atoms with Crippen molar-refractivity contribution in [2.24, 2.45) is 5.92 Å². The highest BCUT2D eigenvalue weighted by molar-refractivity contribution is 5.94. The number of benzene rings is 2. The summed E-state index contributed by atoms with van der Waals surface area (Å²) in [7, 11) is 1.39. The van der Waals surface area contributed by atoms with E-state index >= 15 is 0 Å². The van der Waals surface area contributed by atoms with Gasteiger partial charge in [-0.15, -0.1) is 0 Å². The van der Waals surface area contributed by atoms with Crippen molar-refractivity contribution >= 4 is 12.4 Å². The molecule has 0 saturated carbocycles. The fourth-order valence-corrected chi connectivity index (χ4v) is 3.89. The first-order valence-electron chi connectivity index (χ1n) is 11.4. The van der Waals surface area contributed by atoms with Gasteiger partial charge in [0.2, 0.25) is 0 Å². The second-order valence-corrected chi connectivity index (χ2v) is 9.74. The predicted octanol–water partition coefficient (Wildman–Crippen LogP) is 5.76. The molecular weight excluding hydrogens is 502 g/mol. The lowest BCUT2D eigenvalue weighted by atomic mass is 9.88. The molecule has 2 aromatic carbocycles. The van der Waals surface area contributed by atoms with Crippen molar-refractivity contribution in [1.29, 1.82) is 0 Å². The molecule has 1 N–H and O–H groups in total. The lowest BCUT2D eigenvalue weighted by Gasteiger charge is -2.26. The van der Waals surface area contributed by atoms with Gasteiger partial charge in [-0.3, -0.25) is 9.59 Å². The Kier molecular flexibility index (Phi) is 9.76. The van der Waals surface area contributed by atoms with Crippen LogP contribution in [0, 0.1) is 5.92 Å². The first-order chi connectivity index (χ1) is 17.0. The van der Waals surface area contributed by atoms with E-state index in [-0.39, 0.29) is 30.0 Å². The van der Waals surface area contributed by atoms with E-state index in [1.807, 2.05) is 51.1 Å². The SMILES string of the molecule is CC(C)(C)OC=O.CN(CC1CNCC1c1ccccc1)C(=O)c1cc(C(F)(F)F)cc(C(F)(F)F)c1. The van der Waals surface area contributed by atoms with Crippen molar-refractivity contribution in [3.63, 3.8) is 0 Å². The Morgan fingerprint density at radius 2 is 1.51 bits per heavy atom. The monoisotopic (exact) mass is 532 g/mol. The fraction of sp³-hybridized carbons (Fsp3) is 0.462. The van der Waals surface area contributed by atoms with Crippen LogP contribution in [0.1, 0.15) is 53.7 Å². The molecule has 1 aliphatic rings. The van der Waals surface area contributed by atoms with E-state index in [1.165, 1.54) is 11.9 Å². The third-order valence-corrected chi connectivity index (χ3v) is 5.66. The molecule has 1 heterocycles. The standard InChI is InChI=1S/C21H20F6N2O.C5H10O2/c1-29(12-15-10-28-11-18(15)13-5-3-2-4-6-13)19(30)14-7-16(20(22,23)24)9-17(8-14)21(25,26)27;1-5(2,3)7-4-6/h2-9,15,18,28H,10-12H2,1H3;4H,1-3H3. The van der Waals surface area contributed by atoms with Crippen LogP contribution < -0.4 is 5.32 Å². The topological polar surface area (TPSA) is 58.6 Å². The molecule has 37 heavy (non-hydrogen) atoms. The second kappa shape index (κ2) is 12.0. The van der Waals surface area contributed by atoms with Crippen LogP contribution in [0.25, 0.3) is 0 Å². The van der Waals surface area contributed by atoms with Gasteiger partial charge in [0.25, 0.3) is 12.4 Å². The highest BCUT2D eigenvalue weighted by Gasteiger charge is 2.38. The van der Waals surface area contributed by atoms with Crippen molar-refractivity contribution in [3.05, 3.63) is 70.8 Å². The summed E-state index contributed by atoms with van der Waals surface area (Å²) in [6.45, 7) is 7.39. The van der Waals surface area contributed by atoms with Gasteiger partial charge < -0.3 is 15.0 Å². The van der Waals surface area contributed by atoms with Gasteiger partial charge >= 0.3 is 12.4 Å². The minimum absolute atomic E-state index is 0.0170. The third-order valence-electron chi connectivity index (χ3n) is 5.66. The molecule has 1 aliphatic heterocycles. The molecule has 3 rings (SSSR count). The smallest absolute Gasteiger partial charge is 0.416 e. The highest BCUT2D eigenvalue weighted by atomic mass is 19.4. The van der Waals surface area contributed by atoms with Crippen LogP contribution >= 0.6 is 0 Å². The predicted molar refractivity (Wildman–Crippen MR) is 126 cm³/mol. The van der Waals surface area contributed by atoms with E-state index in [0.717, 1.165) is 5.56 Å². The van der Waals surface area contributed by atoms with E-state index in [1.54, 1.807) is 0 Å². The lowest BCUT2D eigenvalue weighted by molar-refractivity contribution is -0.143. The minimum atomic E-state index is -5.00. The largest absolute Gasteiger partial charge is 0.462 e. The number of hydrogen-bond donors (Lipinski definition) is 1. The quantitative estimate of drug-likeness (QED) is 0.393. The number of alkyl halides is 6. The summed E-state index contributed by atoms with van der Waals surface area (Å²) >= 11 is 0. The lowest BCUT2D eigenvalue weighted by Crippen LogP contribution is -2.34. The maximum Gasteiger partial charge on any atom is 0.416 e. The number of ether oxygens (including phenoxy) is 1. The summed E-state index contributed by atoms with van der Waals surface area (Å²) in [6.07, 6.45) is -9.99. The van der Waals surface area contributed by atoms with Gasteiger partial charge in [-0.2, -0.15) is 26.3 Å². The molecule has 0 aromatic heterocycles. The molecular formula is C26H30F6N2O3.